The van der Waals surface area contributed by atoms with E-state index in [1.807, 2.05) is 19.1 Å². The summed E-state index contributed by atoms with van der Waals surface area (Å²) in [6, 6.07) is 9.87. The van der Waals surface area contributed by atoms with Crippen LogP contribution in [0, 0.1) is 0 Å². The van der Waals surface area contributed by atoms with Crippen LogP contribution in [0.3, 0.4) is 0 Å². The van der Waals surface area contributed by atoms with Crippen LogP contribution in [0.1, 0.15) is 18.1 Å². The van der Waals surface area contributed by atoms with Crippen LogP contribution >= 0.6 is 0 Å². The Bertz CT molecular complexity index is 546. The highest BCUT2D eigenvalue weighted by atomic mass is 16.5. The van der Waals surface area contributed by atoms with Crippen molar-refractivity contribution >= 4 is 5.95 Å². The van der Waals surface area contributed by atoms with Gasteiger partial charge in [0.05, 0.1) is 13.2 Å². The molecule has 0 spiro atoms. The van der Waals surface area contributed by atoms with Gasteiger partial charge in [0.25, 0.3) is 0 Å². The molecule has 5 heteroatoms. The number of nitrogens with one attached hydrogen (secondary N) is 1. The molecule has 2 aromatic rings. The van der Waals surface area contributed by atoms with Crippen molar-refractivity contribution < 1.29 is 9.47 Å². The second-order valence-electron chi connectivity index (χ2n) is 4.21. The van der Waals surface area contributed by atoms with E-state index in [9.17, 15) is 0 Å². The summed E-state index contributed by atoms with van der Waals surface area (Å²) in [6.07, 6.45) is 1.68. The zero-order chi connectivity index (χ0) is 14.2. The van der Waals surface area contributed by atoms with Gasteiger partial charge in [0.1, 0.15) is 0 Å². The Kier molecular flexibility index (Phi) is 5.32. The Labute approximate surface area is 119 Å². The van der Waals surface area contributed by atoms with E-state index in [0.717, 1.165) is 5.56 Å². The van der Waals surface area contributed by atoms with Crippen LogP contribution < -0.4 is 10.1 Å². The molecule has 1 aromatic carbocycles. The predicted octanol–water partition coefficient (Wildman–Crippen LogP) is 2.63. The molecular formula is C15H19N3O2. The van der Waals surface area contributed by atoms with Gasteiger partial charge in [-0.15, -0.1) is 0 Å². The number of benzene rings is 1. The lowest BCUT2D eigenvalue weighted by Gasteiger charge is -2.10. The average molecular weight is 273 g/mol. The highest BCUT2D eigenvalue weighted by Crippen LogP contribution is 2.13. The standard InChI is InChI=1S/C15H19N3O2/c1-3-20-14-8-9-16-15(18-14)17-10-12-6-4-5-7-13(12)11-19-2/h4-9H,3,10-11H2,1-2H3,(H,16,17,18). The molecule has 0 radical (unpaired) electrons. The van der Waals surface area contributed by atoms with Crippen LogP contribution in [0.4, 0.5) is 5.95 Å². The SMILES string of the molecule is CCOc1ccnc(NCc2ccccc2COC)n1. The highest BCUT2D eigenvalue weighted by molar-refractivity contribution is 5.33. The van der Waals surface area contributed by atoms with Gasteiger partial charge in [-0.1, -0.05) is 24.3 Å². The molecule has 0 aliphatic carbocycles. The van der Waals surface area contributed by atoms with Crippen LogP contribution in [0.2, 0.25) is 0 Å². The number of hydrogen-bond acceptors (Lipinski definition) is 5. The highest BCUT2D eigenvalue weighted by Gasteiger charge is 2.03. The molecule has 0 bridgehead atoms. The van der Waals surface area contributed by atoms with E-state index >= 15 is 0 Å². The number of nitrogens with zero attached hydrogens (tertiary/aromatic N) is 2. The largest absolute Gasteiger partial charge is 0.478 e. The summed E-state index contributed by atoms with van der Waals surface area (Å²) in [5, 5.41) is 3.20. The number of rotatable bonds is 7. The van der Waals surface area contributed by atoms with E-state index in [1.165, 1.54) is 5.56 Å². The maximum atomic E-state index is 5.35. The molecule has 0 aliphatic rings. The summed E-state index contributed by atoms with van der Waals surface area (Å²) < 4.78 is 10.5. The van der Waals surface area contributed by atoms with Crippen molar-refractivity contribution in [1.82, 2.24) is 9.97 Å². The zero-order valence-electron chi connectivity index (χ0n) is 11.8. The summed E-state index contributed by atoms with van der Waals surface area (Å²) in [7, 11) is 1.69. The number of ether oxygens (including phenoxy) is 2. The number of aromatic nitrogens is 2. The fraction of sp³-hybridized carbons (Fsp3) is 0.333. The Morgan fingerprint density at radius 2 is 1.95 bits per heavy atom. The zero-order valence-corrected chi connectivity index (χ0v) is 11.8. The van der Waals surface area contributed by atoms with Crippen molar-refractivity contribution in [3.8, 4) is 5.88 Å². The third-order valence-electron chi connectivity index (χ3n) is 2.78. The van der Waals surface area contributed by atoms with Gasteiger partial charge < -0.3 is 14.8 Å². The van der Waals surface area contributed by atoms with Crippen LogP contribution in [0.25, 0.3) is 0 Å². The van der Waals surface area contributed by atoms with Crippen LogP contribution in [0.5, 0.6) is 5.88 Å². The molecule has 5 nitrogen and oxygen atoms in total. The molecule has 1 aromatic heterocycles. The molecule has 1 N–H and O–H groups in total. The van der Waals surface area contributed by atoms with Gasteiger partial charge in [-0.3, -0.25) is 0 Å². The van der Waals surface area contributed by atoms with Crippen molar-refractivity contribution in [3.05, 3.63) is 47.7 Å². The van der Waals surface area contributed by atoms with Gasteiger partial charge in [0.2, 0.25) is 11.8 Å². The Hall–Kier alpha value is -2.14. The maximum absolute atomic E-state index is 5.35. The van der Waals surface area contributed by atoms with E-state index < -0.39 is 0 Å². The first-order valence-electron chi connectivity index (χ1n) is 6.59. The molecule has 0 aliphatic heterocycles. The molecule has 0 unspecified atom stereocenters. The minimum Gasteiger partial charge on any atom is -0.478 e. The lowest BCUT2D eigenvalue weighted by molar-refractivity contribution is 0.184. The van der Waals surface area contributed by atoms with E-state index in [1.54, 1.807) is 19.4 Å². The summed E-state index contributed by atoms with van der Waals surface area (Å²) in [5.41, 5.74) is 2.32. The van der Waals surface area contributed by atoms with Gasteiger partial charge >= 0.3 is 0 Å². The lowest BCUT2D eigenvalue weighted by Crippen LogP contribution is -2.07. The van der Waals surface area contributed by atoms with Crippen molar-refractivity contribution in [1.29, 1.82) is 0 Å². The minimum absolute atomic E-state index is 0.558. The summed E-state index contributed by atoms with van der Waals surface area (Å²) >= 11 is 0. The second-order valence-corrected chi connectivity index (χ2v) is 4.21. The van der Waals surface area contributed by atoms with Gasteiger partial charge in [-0.2, -0.15) is 4.98 Å². The lowest BCUT2D eigenvalue weighted by atomic mass is 10.1. The molecule has 0 amide bonds. The maximum Gasteiger partial charge on any atom is 0.226 e. The van der Waals surface area contributed by atoms with Crippen molar-refractivity contribution in [3.63, 3.8) is 0 Å². The first-order valence-corrected chi connectivity index (χ1v) is 6.59. The van der Waals surface area contributed by atoms with Gasteiger partial charge in [0, 0.05) is 25.9 Å². The molecule has 0 saturated carbocycles. The fourth-order valence-corrected chi connectivity index (χ4v) is 1.86. The molecule has 106 valence electrons. The minimum atomic E-state index is 0.558. The smallest absolute Gasteiger partial charge is 0.226 e. The van der Waals surface area contributed by atoms with E-state index in [2.05, 4.69) is 27.4 Å². The van der Waals surface area contributed by atoms with Gasteiger partial charge in [0.15, 0.2) is 0 Å². The number of hydrogen-bond donors (Lipinski definition) is 1. The van der Waals surface area contributed by atoms with Crippen LogP contribution in [0.15, 0.2) is 36.5 Å². The Balaban J connectivity index is 2.03. The molecule has 20 heavy (non-hydrogen) atoms. The van der Waals surface area contributed by atoms with Gasteiger partial charge in [-0.05, 0) is 18.1 Å². The van der Waals surface area contributed by atoms with Gasteiger partial charge in [-0.25, -0.2) is 4.98 Å². The average Bonchev–Trinajstić information content (AvgIpc) is 2.47. The molecule has 1 heterocycles. The quantitative estimate of drug-likeness (QED) is 0.840. The number of anilines is 1. The molecule has 0 saturated heterocycles. The van der Waals surface area contributed by atoms with E-state index in [-0.39, 0.29) is 0 Å². The van der Waals surface area contributed by atoms with E-state index in [4.69, 9.17) is 9.47 Å². The summed E-state index contributed by atoms with van der Waals surface area (Å²) in [4.78, 5) is 8.46. The molecular weight excluding hydrogens is 254 g/mol. The first-order chi connectivity index (χ1) is 9.83. The van der Waals surface area contributed by atoms with Crippen molar-refractivity contribution in [2.75, 3.05) is 19.0 Å². The molecule has 0 fully saturated rings. The topological polar surface area (TPSA) is 56.3 Å². The third-order valence-corrected chi connectivity index (χ3v) is 2.78. The second kappa shape index (κ2) is 7.45. The fourth-order valence-electron chi connectivity index (χ4n) is 1.86. The normalized spacial score (nSPS) is 10.3. The van der Waals surface area contributed by atoms with Crippen molar-refractivity contribution in [2.24, 2.45) is 0 Å². The van der Waals surface area contributed by atoms with E-state index in [0.29, 0.717) is 31.6 Å². The first kappa shape index (κ1) is 14.3. The van der Waals surface area contributed by atoms with Crippen LogP contribution in [-0.4, -0.2) is 23.7 Å². The molecule has 0 atom stereocenters. The van der Waals surface area contributed by atoms with Crippen molar-refractivity contribution in [2.45, 2.75) is 20.1 Å². The predicted molar refractivity (Wildman–Crippen MR) is 77.7 cm³/mol. The monoisotopic (exact) mass is 273 g/mol. The Morgan fingerprint density at radius 1 is 1.15 bits per heavy atom. The summed E-state index contributed by atoms with van der Waals surface area (Å²) in [5.74, 6) is 1.14. The molecule has 2 rings (SSSR count). The number of methoxy groups -OCH3 is 1. The Morgan fingerprint density at radius 3 is 2.70 bits per heavy atom. The third kappa shape index (κ3) is 3.93. The van der Waals surface area contributed by atoms with Crippen LogP contribution in [-0.2, 0) is 17.9 Å². The summed E-state index contributed by atoms with van der Waals surface area (Å²) in [6.45, 7) is 3.76.